The van der Waals surface area contributed by atoms with Crippen LogP contribution in [0.2, 0.25) is 0 Å². The van der Waals surface area contributed by atoms with Crippen molar-refractivity contribution in [2.24, 2.45) is 5.92 Å². The van der Waals surface area contributed by atoms with Crippen molar-refractivity contribution < 1.29 is 40.7 Å². The molecule has 9 aromatic rings. The largest absolute Gasteiger partial charge is 0.305 e. The Morgan fingerprint density at radius 3 is 1.32 bits per heavy atom. The van der Waals surface area contributed by atoms with Crippen molar-refractivity contribution in [3.63, 3.8) is 0 Å². The average molecular weight is 1320 g/mol. The van der Waals surface area contributed by atoms with Gasteiger partial charge < -0.3 is 16.0 Å². The molecular formula is C64H58Br2F6N12O3. The molecule has 0 saturated heterocycles. The van der Waals surface area contributed by atoms with Gasteiger partial charge in [-0.3, -0.25) is 39.2 Å². The lowest BCUT2D eigenvalue weighted by molar-refractivity contribution is 0.101. The summed E-state index contributed by atoms with van der Waals surface area (Å²) in [5.41, 5.74) is 6.35. The van der Waals surface area contributed by atoms with Crippen molar-refractivity contribution in [1.82, 2.24) is 44.8 Å². The fraction of sp³-hybridized carbons (Fsp3) is 0.203. The van der Waals surface area contributed by atoms with Gasteiger partial charge in [-0.2, -0.15) is 0 Å². The van der Waals surface area contributed by atoms with Crippen molar-refractivity contribution in [3.8, 4) is 11.3 Å². The van der Waals surface area contributed by atoms with E-state index in [2.05, 4.69) is 146 Å². The number of benzene rings is 4. The van der Waals surface area contributed by atoms with Crippen LogP contribution in [-0.2, 0) is 6.54 Å². The molecule has 0 unspecified atom stereocenters. The molecule has 87 heavy (non-hydrogen) atoms. The van der Waals surface area contributed by atoms with E-state index in [1.54, 1.807) is 18.6 Å². The number of hydrogen-bond acceptors (Lipinski definition) is 12. The Balaban J connectivity index is 0.000000178. The zero-order chi connectivity index (χ0) is 62.7. The summed E-state index contributed by atoms with van der Waals surface area (Å²) in [6.07, 6.45) is 16.5. The van der Waals surface area contributed by atoms with Gasteiger partial charge in [0.25, 0.3) is 17.7 Å². The van der Waals surface area contributed by atoms with Crippen LogP contribution in [0.3, 0.4) is 0 Å². The van der Waals surface area contributed by atoms with E-state index in [-0.39, 0.29) is 23.4 Å². The first-order chi connectivity index (χ1) is 41.7. The lowest BCUT2D eigenvalue weighted by Gasteiger charge is -2.32. The van der Waals surface area contributed by atoms with E-state index in [1.807, 2.05) is 42.7 Å². The molecule has 448 valence electrons. The van der Waals surface area contributed by atoms with Crippen molar-refractivity contribution in [2.75, 3.05) is 29.0 Å². The first-order valence-corrected chi connectivity index (χ1v) is 28.7. The van der Waals surface area contributed by atoms with Gasteiger partial charge in [-0.15, -0.1) is 0 Å². The van der Waals surface area contributed by atoms with Crippen LogP contribution in [-0.4, -0.2) is 75.6 Å². The summed E-state index contributed by atoms with van der Waals surface area (Å²) in [7, 11) is 0. The molecule has 10 rings (SSSR count). The second-order valence-electron chi connectivity index (χ2n) is 20.2. The molecule has 0 saturated carbocycles. The van der Waals surface area contributed by atoms with Gasteiger partial charge in [-0.25, -0.2) is 46.3 Å². The predicted octanol–water partition coefficient (Wildman–Crippen LogP) is 15.3. The molecule has 1 aliphatic heterocycles. The third-order valence-electron chi connectivity index (χ3n) is 13.1. The van der Waals surface area contributed by atoms with Crippen molar-refractivity contribution in [2.45, 2.75) is 66.3 Å². The number of hydrogen-bond donors (Lipinski definition) is 3. The number of pyridine rings is 2. The highest BCUT2D eigenvalue weighted by molar-refractivity contribution is 9.10. The van der Waals surface area contributed by atoms with Crippen LogP contribution < -0.4 is 16.0 Å². The molecule has 15 nitrogen and oxygen atoms in total. The summed E-state index contributed by atoms with van der Waals surface area (Å²) in [6.45, 7) is 15.4. The number of anilines is 3. The second-order valence-corrected chi connectivity index (χ2v) is 21.9. The molecule has 5 aromatic heterocycles. The monoisotopic (exact) mass is 1310 g/mol. The minimum Gasteiger partial charge on any atom is -0.305 e. The standard InChI is InChI=1S/C26H26F2N4O.C19H16F2N4O.C11H6BrF2N3O.C8H10BrN/c1-17(2)19-11-12-32(15-18-7-4-3-5-8-18)16-20(19)23-13-30-24(14-29-23)31-26(33)25-21(27)9-6-10-22(25)28;1-11(2)12-6-7-22-8-13(12)16-9-24-17(10-23-16)25-19(26)18-14(20)4-3-5-15(18)21;12-8-4-16-9(5-15-8)17-11(18)10-6(13)2-1-3-7(10)14;1-6(2)7-3-4-10-5-8(7)9/h3-10,13-14,17H,11-12,15-16H2,1-2H3,(H,30,31,33);3-11H,1-2H3,(H,24,25,26);1-5H,(H,16,17,18);3-6H,1-2H3. The number of amides is 3. The lowest BCUT2D eigenvalue weighted by atomic mass is 9.89. The van der Waals surface area contributed by atoms with Crippen LogP contribution in [0, 0.1) is 40.8 Å². The molecule has 0 aliphatic carbocycles. The van der Waals surface area contributed by atoms with E-state index in [9.17, 15) is 40.7 Å². The van der Waals surface area contributed by atoms with Crippen LogP contribution in [0.5, 0.6) is 0 Å². The van der Waals surface area contributed by atoms with Crippen LogP contribution in [0.1, 0.15) is 113 Å². The van der Waals surface area contributed by atoms with Crippen LogP contribution in [0.25, 0.3) is 16.8 Å². The summed E-state index contributed by atoms with van der Waals surface area (Å²) < 4.78 is 83.3. The maximum atomic E-state index is 13.9. The maximum Gasteiger partial charge on any atom is 0.262 e. The molecule has 3 amide bonds. The number of nitrogens with zero attached hydrogens (tertiary/aromatic N) is 9. The zero-order valence-electron chi connectivity index (χ0n) is 47.8. The Morgan fingerprint density at radius 1 is 0.483 bits per heavy atom. The third-order valence-corrected chi connectivity index (χ3v) is 14.2. The molecule has 0 radical (unpaired) electrons. The summed E-state index contributed by atoms with van der Waals surface area (Å²) in [6, 6.07) is 24.0. The number of carbonyl (C=O) groups is 3. The fourth-order valence-electron chi connectivity index (χ4n) is 8.81. The molecule has 3 N–H and O–H groups in total. The first-order valence-electron chi connectivity index (χ1n) is 27.1. The smallest absolute Gasteiger partial charge is 0.262 e. The Hall–Kier alpha value is -8.93. The van der Waals surface area contributed by atoms with Crippen molar-refractivity contribution in [1.29, 1.82) is 0 Å². The van der Waals surface area contributed by atoms with E-state index >= 15 is 0 Å². The number of nitrogens with one attached hydrogen (secondary N) is 3. The second kappa shape index (κ2) is 31.5. The quantitative estimate of drug-likeness (QED) is 0.0926. The minimum atomic E-state index is -0.941. The molecule has 0 bridgehead atoms. The highest BCUT2D eigenvalue weighted by Crippen LogP contribution is 2.32. The Kier molecular flexibility index (Phi) is 23.7. The molecule has 4 aromatic carbocycles. The van der Waals surface area contributed by atoms with Crippen LogP contribution >= 0.6 is 31.9 Å². The molecule has 1 aliphatic rings. The van der Waals surface area contributed by atoms with Gasteiger partial charge in [-0.05, 0) is 127 Å². The van der Waals surface area contributed by atoms with Gasteiger partial charge >= 0.3 is 0 Å². The van der Waals surface area contributed by atoms with E-state index in [0.29, 0.717) is 22.1 Å². The van der Waals surface area contributed by atoms with Gasteiger partial charge in [0.15, 0.2) is 17.5 Å². The first kappa shape index (κ1) is 65.6. The van der Waals surface area contributed by atoms with E-state index in [0.717, 1.165) is 89.3 Å². The number of rotatable bonds is 13. The topological polar surface area (TPSA) is 194 Å². The van der Waals surface area contributed by atoms with Gasteiger partial charge in [0, 0.05) is 54.5 Å². The Bertz CT molecular complexity index is 3790. The van der Waals surface area contributed by atoms with Crippen molar-refractivity contribution >= 4 is 72.6 Å². The SMILES string of the molecule is CC(C)C1=C(c2cnc(NC(=O)c3c(F)cccc3F)cn2)CN(Cc2ccccc2)CC1.CC(C)c1ccncc1-c1cnc(NC(=O)c2c(F)cccc2F)cn1.CC(C)c1ccncc1Br.O=C(Nc1cnc(Br)cn1)c1c(F)cccc1F. The molecule has 0 fully saturated rings. The average Bonchev–Trinajstić information content (AvgIpc) is 2.19. The van der Waals surface area contributed by atoms with E-state index in [4.69, 9.17) is 0 Å². The Morgan fingerprint density at radius 2 is 0.920 bits per heavy atom. The molecule has 0 spiro atoms. The summed E-state index contributed by atoms with van der Waals surface area (Å²) in [5.74, 6) is -6.79. The van der Waals surface area contributed by atoms with Gasteiger partial charge in [0.1, 0.15) is 56.2 Å². The summed E-state index contributed by atoms with van der Waals surface area (Å²) >= 11 is 6.51. The maximum absolute atomic E-state index is 13.9. The summed E-state index contributed by atoms with van der Waals surface area (Å²) in [5, 5.41) is 7.03. The molecule has 0 atom stereocenters. The van der Waals surface area contributed by atoms with Crippen LogP contribution in [0.15, 0.2) is 174 Å². The van der Waals surface area contributed by atoms with Gasteiger partial charge in [0.2, 0.25) is 0 Å². The minimum absolute atomic E-state index is 0.0939. The zero-order valence-corrected chi connectivity index (χ0v) is 51.0. The third kappa shape index (κ3) is 18.3. The highest BCUT2D eigenvalue weighted by Gasteiger charge is 2.25. The molecule has 6 heterocycles. The number of aromatic nitrogens is 8. The molecular weight excluding hydrogens is 1260 g/mol. The summed E-state index contributed by atoms with van der Waals surface area (Å²) in [4.78, 5) is 71.4. The Labute approximate surface area is 515 Å². The van der Waals surface area contributed by atoms with E-state index in [1.165, 1.54) is 65.9 Å². The normalized spacial score (nSPS) is 12.1. The lowest BCUT2D eigenvalue weighted by Crippen LogP contribution is -2.32. The van der Waals surface area contributed by atoms with Gasteiger partial charge in [-0.1, -0.05) is 95.6 Å². The predicted molar refractivity (Wildman–Crippen MR) is 328 cm³/mol. The van der Waals surface area contributed by atoms with Gasteiger partial charge in [0.05, 0.1) is 48.6 Å². The highest BCUT2D eigenvalue weighted by atomic mass is 79.9. The number of halogens is 8. The molecule has 23 heteroatoms. The van der Waals surface area contributed by atoms with Crippen molar-refractivity contribution in [3.05, 3.63) is 248 Å². The number of carbonyl (C=O) groups excluding carboxylic acids is 3. The van der Waals surface area contributed by atoms with E-state index < -0.39 is 69.3 Å². The fourth-order valence-corrected chi connectivity index (χ4v) is 9.72. The van der Waals surface area contributed by atoms with Crippen LogP contribution in [0.4, 0.5) is 43.8 Å².